The number of aromatic carboxylic acids is 1. The zero-order chi connectivity index (χ0) is 16.7. The molecule has 0 aliphatic rings. The third-order valence-corrected chi connectivity index (χ3v) is 3.69. The fraction of sp³-hybridized carbons (Fsp3) is 0.111. The van der Waals surface area contributed by atoms with Crippen LogP contribution in [0.5, 0.6) is 0 Å². The quantitative estimate of drug-likeness (QED) is 0.758. The lowest BCUT2D eigenvalue weighted by atomic mass is 10.00. The highest BCUT2D eigenvalue weighted by Crippen LogP contribution is 2.28. The molecule has 0 atom stereocenters. The number of halogens is 2. The highest BCUT2D eigenvalue weighted by Gasteiger charge is 2.15. The molecule has 0 radical (unpaired) electrons. The number of fused-ring (bicyclic) bond motifs is 1. The molecule has 2 aromatic carbocycles. The van der Waals surface area contributed by atoms with Gasteiger partial charge in [-0.1, -0.05) is 11.6 Å². The van der Waals surface area contributed by atoms with Gasteiger partial charge in [0.15, 0.2) is 11.6 Å². The van der Waals surface area contributed by atoms with Crippen molar-refractivity contribution in [3.8, 4) is 11.3 Å². The number of pyridine rings is 1. The number of rotatable bonds is 2. The van der Waals surface area contributed by atoms with Crippen molar-refractivity contribution < 1.29 is 18.7 Å². The summed E-state index contributed by atoms with van der Waals surface area (Å²) in [5, 5.41) is 10.0. The van der Waals surface area contributed by atoms with Gasteiger partial charge < -0.3 is 5.11 Å². The third-order valence-electron chi connectivity index (χ3n) is 3.69. The van der Waals surface area contributed by atoms with Crippen LogP contribution in [-0.4, -0.2) is 16.1 Å². The van der Waals surface area contributed by atoms with E-state index in [-0.39, 0.29) is 5.56 Å². The van der Waals surface area contributed by atoms with Crippen molar-refractivity contribution in [2.24, 2.45) is 0 Å². The van der Waals surface area contributed by atoms with Gasteiger partial charge in [-0.15, -0.1) is 0 Å². The van der Waals surface area contributed by atoms with Gasteiger partial charge in [0.25, 0.3) is 0 Å². The van der Waals surface area contributed by atoms with E-state index < -0.39 is 17.6 Å². The highest BCUT2D eigenvalue weighted by molar-refractivity contribution is 6.04. The minimum atomic E-state index is -1.09. The first-order chi connectivity index (χ1) is 10.9. The molecule has 1 heterocycles. The number of hydrogen-bond donors (Lipinski definition) is 1. The summed E-state index contributed by atoms with van der Waals surface area (Å²) in [5.41, 5.74) is 3.00. The first-order valence-corrected chi connectivity index (χ1v) is 6.97. The molecule has 0 amide bonds. The van der Waals surface area contributed by atoms with Gasteiger partial charge in [-0.05, 0) is 49.7 Å². The van der Waals surface area contributed by atoms with Crippen molar-refractivity contribution >= 4 is 16.9 Å². The molecule has 0 bridgehead atoms. The summed E-state index contributed by atoms with van der Waals surface area (Å²) in [6.45, 7) is 3.71. The number of benzene rings is 2. The Labute approximate surface area is 131 Å². The van der Waals surface area contributed by atoms with Gasteiger partial charge in [0.2, 0.25) is 0 Å². The number of aryl methyl sites for hydroxylation is 2. The number of carboxylic acids is 1. The number of carbonyl (C=O) groups is 1. The molecule has 3 aromatic rings. The van der Waals surface area contributed by atoms with Gasteiger partial charge in [0, 0.05) is 10.9 Å². The van der Waals surface area contributed by atoms with Crippen molar-refractivity contribution in [2.75, 3.05) is 0 Å². The van der Waals surface area contributed by atoms with Crippen molar-refractivity contribution in [1.29, 1.82) is 0 Å². The minimum Gasteiger partial charge on any atom is -0.478 e. The Hall–Kier alpha value is -2.82. The van der Waals surface area contributed by atoms with Crippen LogP contribution < -0.4 is 0 Å². The summed E-state index contributed by atoms with van der Waals surface area (Å²) >= 11 is 0. The molecule has 0 fully saturated rings. The van der Waals surface area contributed by atoms with E-state index in [4.69, 9.17) is 0 Å². The Morgan fingerprint density at radius 3 is 2.43 bits per heavy atom. The predicted molar refractivity (Wildman–Crippen MR) is 83.5 cm³/mol. The van der Waals surface area contributed by atoms with E-state index in [1.54, 1.807) is 6.07 Å². The number of carboxylic acid groups (broad SMARTS) is 1. The summed E-state index contributed by atoms with van der Waals surface area (Å²) < 4.78 is 26.5. The number of hydrogen-bond acceptors (Lipinski definition) is 2. The second-order valence-electron chi connectivity index (χ2n) is 5.47. The van der Waals surface area contributed by atoms with Crippen LogP contribution in [0.4, 0.5) is 8.78 Å². The Kier molecular flexibility index (Phi) is 3.56. The topological polar surface area (TPSA) is 50.2 Å². The molecule has 0 unspecified atom stereocenters. The molecule has 0 saturated heterocycles. The third kappa shape index (κ3) is 2.65. The smallest absolute Gasteiger partial charge is 0.336 e. The standard InChI is InChI=1S/C18H13F2NO2/c1-9-5-10(2)17-12(6-9)13(18(22)23)8-16(21-17)11-3-4-14(19)15(20)7-11/h3-8H,1-2H3,(H,22,23). The van der Waals surface area contributed by atoms with E-state index in [0.717, 1.165) is 23.3 Å². The number of aromatic nitrogens is 1. The van der Waals surface area contributed by atoms with Gasteiger partial charge in [0.05, 0.1) is 16.8 Å². The van der Waals surface area contributed by atoms with E-state index in [1.165, 1.54) is 12.1 Å². The molecule has 1 aromatic heterocycles. The van der Waals surface area contributed by atoms with Crippen LogP contribution in [0.25, 0.3) is 22.2 Å². The maximum Gasteiger partial charge on any atom is 0.336 e. The monoisotopic (exact) mass is 313 g/mol. The average Bonchev–Trinajstić information content (AvgIpc) is 2.49. The molecule has 3 nitrogen and oxygen atoms in total. The van der Waals surface area contributed by atoms with Gasteiger partial charge in [-0.2, -0.15) is 0 Å². The van der Waals surface area contributed by atoms with Crippen LogP contribution >= 0.6 is 0 Å². The first-order valence-electron chi connectivity index (χ1n) is 6.97. The Morgan fingerprint density at radius 1 is 1.04 bits per heavy atom. The fourth-order valence-corrected chi connectivity index (χ4v) is 2.66. The zero-order valence-electron chi connectivity index (χ0n) is 12.5. The Morgan fingerprint density at radius 2 is 1.78 bits per heavy atom. The van der Waals surface area contributed by atoms with Crippen molar-refractivity contribution in [2.45, 2.75) is 13.8 Å². The van der Waals surface area contributed by atoms with Crippen molar-refractivity contribution in [3.63, 3.8) is 0 Å². The van der Waals surface area contributed by atoms with Crippen LogP contribution in [0.1, 0.15) is 21.5 Å². The molecule has 3 rings (SSSR count). The van der Waals surface area contributed by atoms with Gasteiger partial charge >= 0.3 is 5.97 Å². The van der Waals surface area contributed by atoms with E-state index >= 15 is 0 Å². The molecule has 1 N–H and O–H groups in total. The van der Waals surface area contributed by atoms with Gasteiger partial charge in [-0.25, -0.2) is 18.6 Å². The SMILES string of the molecule is Cc1cc(C)c2nc(-c3ccc(F)c(F)c3)cc(C(=O)O)c2c1. The molecule has 0 aliphatic carbocycles. The van der Waals surface area contributed by atoms with Crippen molar-refractivity contribution in [1.82, 2.24) is 4.98 Å². The zero-order valence-corrected chi connectivity index (χ0v) is 12.5. The lowest BCUT2D eigenvalue weighted by Crippen LogP contribution is -2.02. The Bertz CT molecular complexity index is 951. The molecular weight excluding hydrogens is 300 g/mol. The highest BCUT2D eigenvalue weighted by atomic mass is 19.2. The van der Waals surface area contributed by atoms with E-state index in [0.29, 0.717) is 22.2 Å². The fourth-order valence-electron chi connectivity index (χ4n) is 2.66. The summed E-state index contributed by atoms with van der Waals surface area (Å²) in [4.78, 5) is 16.0. The molecule has 23 heavy (non-hydrogen) atoms. The normalized spacial score (nSPS) is 11.0. The van der Waals surface area contributed by atoms with E-state index in [2.05, 4.69) is 4.98 Å². The maximum atomic E-state index is 13.5. The maximum absolute atomic E-state index is 13.5. The van der Waals surface area contributed by atoms with E-state index in [1.807, 2.05) is 19.9 Å². The average molecular weight is 313 g/mol. The Balaban J connectivity index is 2.34. The predicted octanol–water partition coefficient (Wildman–Crippen LogP) is 4.50. The molecule has 116 valence electrons. The minimum absolute atomic E-state index is 0.0848. The molecule has 0 spiro atoms. The van der Waals surface area contributed by atoms with Crippen LogP contribution in [0, 0.1) is 25.5 Å². The van der Waals surface area contributed by atoms with Crippen molar-refractivity contribution in [3.05, 3.63) is 64.7 Å². The summed E-state index contributed by atoms with van der Waals surface area (Å²) in [6, 6.07) is 8.43. The largest absolute Gasteiger partial charge is 0.478 e. The van der Waals surface area contributed by atoms with Crippen LogP contribution in [-0.2, 0) is 0 Å². The second kappa shape index (κ2) is 5.43. The number of nitrogens with zero attached hydrogens (tertiary/aromatic N) is 1. The molecule has 0 saturated carbocycles. The second-order valence-corrected chi connectivity index (χ2v) is 5.47. The summed E-state index contributed by atoms with van der Waals surface area (Å²) in [5.74, 6) is -3.05. The van der Waals surface area contributed by atoms with Crippen LogP contribution in [0.3, 0.4) is 0 Å². The summed E-state index contributed by atoms with van der Waals surface area (Å²) in [7, 11) is 0. The molecular formula is C18H13F2NO2. The van der Waals surface area contributed by atoms with E-state index in [9.17, 15) is 18.7 Å². The molecule has 5 heteroatoms. The lowest BCUT2D eigenvalue weighted by molar-refractivity contribution is 0.0699. The van der Waals surface area contributed by atoms with Gasteiger partial charge in [-0.3, -0.25) is 0 Å². The summed E-state index contributed by atoms with van der Waals surface area (Å²) in [6.07, 6.45) is 0. The molecule has 0 aliphatic heterocycles. The van der Waals surface area contributed by atoms with Crippen LogP contribution in [0.15, 0.2) is 36.4 Å². The van der Waals surface area contributed by atoms with Gasteiger partial charge in [0.1, 0.15) is 0 Å². The first kappa shape index (κ1) is 15.1. The lowest BCUT2D eigenvalue weighted by Gasteiger charge is -2.10. The van der Waals surface area contributed by atoms with Crippen LogP contribution in [0.2, 0.25) is 0 Å².